The van der Waals surface area contributed by atoms with Gasteiger partial charge in [-0.3, -0.25) is 0 Å². The molecule has 0 radical (unpaired) electrons. The number of nitrogens with zero attached hydrogens (tertiary/aromatic N) is 7. The molecule has 0 fully saturated rings. The smallest absolute Gasteiger partial charge is 0.162 e. The van der Waals surface area contributed by atoms with Gasteiger partial charge in [0.2, 0.25) is 0 Å². The molecule has 0 unspecified atom stereocenters. The molecule has 71 heavy (non-hydrogen) atoms. The zero-order valence-electron chi connectivity index (χ0n) is 38.1. The first-order valence-electron chi connectivity index (χ1n) is 23.3. The minimum atomic E-state index is 0.523. The summed E-state index contributed by atoms with van der Waals surface area (Å²) in [4.78, 5) is 21.4. The normalized spacial score (nSPS) is 11.1. The van der Waals surface area contributed by atoms with Gasteiger partial charge < -0.3 is 4.57 Å². The Hall–Kier alpha value is -10.1. The Morgan fingerprint density at radius 1 is 0.296 bits per heavy atom. The van der Waals surface area contributed by atoms with E-state index >= 15 is 0 Å². The highest BCUT2D eigenvalue weighted by Gasteiger charge is 2.22. The van der Waals surface area contributed by atoms with Gasteiger partial charge in [-0.1, -0.05) is 170 Å². The lowest BCUT2D eigenvalue weighted by Gasteiger charge is -2.17. The Balaban J connectivity index is 1.18. The molecule has 7 nitrogen and oxygen atoms in total. The molecule has 0 spiro atoms. The van der Waals surface area contributed by atoms with Crippen molar-refractivity contribution in [3.05, 3.63) is 248 Å². The maximum absolute atomic E-state index is 9.90. The lowest BCUT2D eigenvalue weighted by molar-refractivity contribution is 1.13. The van der Waals surface area contributed by atoms with Crippen LogP contribution in [-0.2, 0) is 0 Å². The van der Waals surface area contributed by atoms with Crippen LogP contribution in [0, 0.1) is 22.7 Å². The number of rotatable bonds is 9. The average Bonchev–Trinajstić information content (AvgIpc) is 3.78. The standard InChI is InChI=1S/C64H39N7/c65-40-42-15-13-25-48(33-42)50-27-30-53-54-31-28-51(49-26-14-16-43(34-49)41-66)37-62(54)71(61(53)36-50)60-32-29-52(63-67-56(44-17-5-1-6-18-44)38-57(68-63)45-19-7-2-8-20-45)35-55(60)64-69-58(46-21-9-3-10-22-46)39-59(70-64)47-23-11-4-12-24-47/h1-39H. The van der Waals surface area contributed by atoms with Crippen molar-refractivity contribution >= 4 is 21.8 Å². The number of hydrogen-bond acceptors (Lipinski definition) is 6. The second-order valence-electron chi connectivity index (χ2n) is 17.3. The Kier molecular flexibility index (Phi) is 10.8. The third-order valence-electron chi connectivity index (χ3n) is 12.9. The lowest BCUT2D eigenvalue weighted by Crippen LogP contribution is -2.03. The van der Waals surface area contributed by atoms with Gasteiger partial charge in [-0.05, 0) is 89.0 Å². The maximum atomic E-state index is 9.90. The molecule has 12 aromatic rings. The molecular formula is C64H39N7. The second-order valence-corrected chi connectivity index (χ2v) is 17.3. The quantitative estimate of drug-likeness (QED) is 0.143. The van der Waals surface area contributed by atoms with E-state index in [-0.39, 0.29) is 0 Å². The summed E-state index contributed by atoms with van der Waals surface area (Å²) in [7, 11) is 0. The third kappa shape index (κ3) is 8.16. The van der Waals surface area contributed by atoms with Crippen LogP contribution in [0.3, 0.4) is 0 Å². The summed E-state index contributed by atoms with van der Waals surface area (Å²) < 4.78 is 2.30. The highest BCUT2D eigenvalue weighted by Crippen LogP contribution is 2.41. The van der Waals surface area contributed by atoms with E-state index in [0.29, 0.717) is 22.8 Å². The van der Waals surface area contributed by atoms with Gasteiger partial charge in [-0.25, -0.2) is 19.9 Å². The second kappa shape index (κ2) is 18.2. The fraction of sp³-hybridized carbons (Fsp3) is 0. The average molecular weight is 906 g/mol. The number of benzene rings is 9. The number of fused-ring (bicyclic) bond motifs is 3. The molecule has 12 rings (SSSR count). The van der Waals surface area contributed by atoms with E-state index in [1.807, 2.05) is 127 Å². The number of aromatic nitrogens is 5. The minimum Gasteiger partial charge on any atom is -0.308 e. The Morgan fingerprint density at radius 2 is 0.662 bits per heavy atom. The van der Waals surface area contributed by atoms with Crippen LogP contribution in [-0.4, -0.2) is 24.5 Å². The summed E-state index contributed by atoms with van der Waals surface area (Å²) in [6, 6.07) is 84.3. The molecule has 0 N–H and O–H groups in total. The van der Waals surface area contributed by atoms with Gasteiger partial charge in [0, 0.05) is 44.2 Å². The molecule has 0 aliphatic heterocycles. The summed E-state index contributed by atoms with van der Waals surface area (Å²) in [6.07, 6.45) is 0. The van der Waals surface area contributed by atoms with Gasteiger partial charge >= 0.3 is 0 Å². The van der Waals surface area contributed by atoms with Gasteiger partial charge in [0.1, 0.15) is 0 Å². The highest BCUT2D eigenvalue weighted by atomic mass is 15.0. The van der Waals surface area contributed by atoms with Crippen molar-refractivity contribution in [2.45, 2.75) is 0 Å². The molecule has 0 saturated carbocycles. The fourth-order valence-corrected chi connectivity index (χ4v) is 9.39. The van der Waals surface area contributed by atoms with Crippen LogP contribution in [0.2, 0.25) is 0 Å². The van der Waals surface area contributed by atoms with Crippen molar-refractivity contribution < 1.29 is 0 Å². The summed E-state index contributed by atoms with van der Waals surface area (Å²) in [5.41, 5.74) is 16.3. The van der Waals surface area contributed by atoms with Crippen molar-refractivity contribution in [1.82, 2.24) is 24.5 Å². The molecule has 0 aliphatic carbocycles. The first-order chi connectivity index (χ1) is 35.1. The van der Waals surface area contributed by atoms with E-state index in [9.17, 15) is 10.5 Å². The Bertz CT molecular complexity index is 3830. The largest absolute Gasteiger partial charge is 0.308 e. The van der Waals surface area contributed by atoms with Crippen LogP contribution in [0.25, 0.3) is 118 Å². The topological polar surface area (TPSA) is 104 Å². The molecular weight excluding hydrogens is 867 g/mol. The lowest BCUT2D eigenvalue weighted by atomic mass is 10.0. The van der Waals surface area contributed by atoms with E-state index in [1.165, 1.54) is 0 Å². The fourth-order valence-electron chi connectivity index (χ4n) is 9.39. The first kappa shape index (κ1) is 42.3. The molecule has 3 aromatic heterocycles. The molecule has 0 amide bonds. The predicted molar refractivity (Wildman–Crippen MR) is 285 cm³/mol. The molecule has 0 aliphatic rings. The zero-order chi connectivity index (χ0) is 47.7. The molecule has 3 heterocycles. The van der Waals surface area contributed by atoms with Crippen LogP contribution >= 0.6 is 0 Å². The summed E-state index contributed by atoms with van der Waals surface area (Å²) >= 11 is 0. The molecule has 0 atom stereocenters. The van der Waals surface area contributed by atoms with Crippen LogP contribution in [0.4, 0.5) is 0 Å². The minimum absolute atomic E-state index is 0.523. The maximum Gasteiger partial charge on any atom is 0.162 e. The Morgan fingerprint density at radius 3 is 1.07 bits per heavy atom. The van der Waals surface area contributed by atoms with Crippen LogP contribution in [0.15, 0.2) is 237 Å². The molecule has 9 aromatic carbocycles. The summed E-state index contributed by atoms with van der Waals surface area (Å²) in [6.45, 7) is 0. The number of nitriles is 2. The van der Waals surface area contributed by atoms with E-state index < -0.39 is 0 Å². The summed E-state index contributed by atoms with van der Waals surface area (Å²) in [5.74, 6) is 1.08. The number of hydrogen-bond donors (Lipinski definition) is 0. The van der Waals surface area contributed by atoms with Crippen LogP contribution < -0.4 is 0 Å². The van der Waals surface area contributed by atoms with Crippen molar-refractivity contribution in [3.63, 3.8) is 0 Å². The van der Waals surface area contributed by atoms with Crippen molar-refractivity contribution in [1.29, 1.82) is 10.5 Å². The van der Waals surface area contributed by atoms with Gasteiger partial charge in [0.15, 0.2) is 11.6 Å². The molecule has 330 valence electrons. The van der Waals surface area contributed by atoms with Gasteiger partial charge in [0.05, 0.1) is 62.8 Å². The predicted octanol–water partition coefficient (Wildman–Crippen LogP) is 15.4. The van der Waals surface area contributed by atoms with E-state index in [1.54, 1.807) is 0 Å². The summed E-state index contributed by atoms with van der Waals surface area (Å²) in [5, 5.41) is 21.9. The third-order valence-corrected chi connectivity index (χ3v) is 12.9. The van der Waals surface area contributed by atoms with E-state index in [4.69, 9.17) is 19.9 Å². The Labute approximate surface area is 410 Å². The van der Waals surface area contributed by atoms with E-state index in [0.717, 1.165) is 106 Å². The molecule has 0 bridgehead atoms. The first-order valence-corrected chi connectivity index (χ1v) is 23.3. The molecule has 0 saturated heterocycles. The SMILES string of the molecule is N#Cc1cccc(-c2ccc3c4ccc(-c5cccc(C#N)c5)cc4n(-c4ccc(-c5nc(-c6ccccc6)cc(-c6ccccc6)n5)cc4-c4nc(-c5ccccc5)cc(-c5ccccc5)n4)c3c2)c1. The van der Waals surface area contributed by atoms with Crippen molar-refractivity contribution in [2.24, 2.45) is 0 Å². The zero-order valence-corrected chi connectivity index (χ0v) is 38.1. The van der Waals surface area contributed by atoms with Crippen molar-refractivity contribution in [2.75, 3.05) is 0 Å². The van der Waals surface area contributed by atoms with Gasteiger partial charge in [-0.15, -0.1) is 0 Å². The highest BCUT2D eigenvalue weighted by molar-refractivity contribution is 6.11. The van der Waals surface area contributed by atoms with Gasteiger partial charge in [-0.2, -0.15) is 10.5 Å². The van der Waals surface area contributed by atoms with E-state index in [2.05, 4.69) is 126 Å². The van der Waals surface area contributed by atoms with Crippen LogP contribution in [0.1, 0.15) is 11.1 Å². The van der Waals surface area contributed by atoms with Crippen LogP contribution in [0.5, 0.6) is 0 Å². The monoisotopic (exact) mass is 905 g/mol. The van der Waals surface area contributed by atoms with Crippen molar-refractivity contribution in [3.8, 4) is 108 Å². The van der Waals surface area contributed by atoms with Gasteiger partial charge in [0.25, 0.3) is 0 Å². The molecule has 7 heteroatoms.